The molecule has 0 radical (unpaired) electrons. The number of hydrogen-bond acceptors (Lipinski definition) is 5. The molecule has 32 heavy (non-hydrogen) atoms. The zero-order chi connectivity index (χ0) is 22.5. The third-order valence-corrected chi connectivity index (χ3v) is 6.22. The minimum absolute atomic E-state index is 0.0361. The van der Waals surface area contributed by atoms with E-state index in [1.165, 1.54) is 5.56 Å². The Bertz CT molecular complexity index is 972. The number of benzene rings is 2. The number of aryl methyl sites for hydroxylation is 1. The molecule has 4 rings (SSSR count). The van der Waals surface area contributed by atoms with E-state index in [9.17, 15) is 9.59 Å². The van der Waals surface area contributed by atoms with E-state index in [1.54, 1.807) is 5.01 Å². The second-order valence-electron chi connectivity index (χ2n) is 8.61. The van der Waals surface area contributed by atoms with Crippen molar-refractivity contribution in [2.75, 3.05) is 26.2 Å². The van der Waals surface area contributed by atoms with E-state index in [0.717, 1.165) is 36.2 Å². The lowest BCUT2D eigenvalue weighted by atomic mass is 9.97. The number of rotatable bonds is 6. The van der Waals surface area contributed by atoms with Crippen LogP contribution in [0.3, 0.4) is 0 Å². The molecule has 1 amide bonds. The van der Waals surface area contributed by atoms with Crippen molar-refractivity contribution in [2.24, 2.45) is 11.0 Å². The summed E-state index contributed by atoms with van der Waals surface area (Å²) in [4.78, 5) is 27.7. The summed E-state index contributed by atoms with van der Waals surface area (Å²) in [5.41, 5.74) is 4.24. The van der Waals surface area contributed by atoms with Gasteiger partial charge in [0, 0.05) is 13.0 Å². The summed E-state index contributed by atoms with van der Waals surface area (Å²) in [5.74, 6) is -0.356. The maximum absolute atomic E-state index is 13.4. The van der Waals surface area contributed by atoms with Crippen molar-refractivity contribution in [3.8, 4) is 0 Å². The third-order valence-electron chi connectivity index (χ3n) is 6.22. The molecule has 0 aliphatic carbocycles. The van der Waals surface area contributed by atoms with Crippen LogP contribution in [0.5, 0.6) is 0 Å². The first kappa shape index (κ1) is 22.2. The molecule has 1 saturated heterocycles. The predicted molar refractivity (Wildman–Crippen MR) is 124 cm³/mol. The summed E-state index contributed by atoms with van der Waals surface area (Å²) >= 11 is 0. The van der Waals surface area contributed by atoms with Gasteiger partial charge in [-0.3, -0.25) is 14.5 Å². The summed E-state index contributed by atoms with van der Waals surface area (Å²) in [6.07, 6.45) is 2.39. The molecule has 2 heterocycles. The SMILES string of the molecule is CCOC(=O)[C@@H]1CCCN(CC(=O)N2N=C(c3ccccc3)C[C@@H]2c2ccc(C)cc2)C1. The van der Waals surface area contributed by atoms with Gasteiger partial charge >= 0.3 is 5.97 Å². The van der Waals surface area contributed by atoms with E-state index in [1.807, 2.05) is 37.3 Å². The van der Waals surface area contributed by atoms with Crippen molar-refractivity contribution in [1.82, 2.24) is 9.91 Å². The van der Waals surface area contributed by atoms with E-state index in [-0.39, 0.29) is 30.4 Å². The van der Waals surface area contributed by atoms with Crippen LogP contribution in [-0.4, -0.2) is 53.7 Å². The van der Waals surface area contributed by atoms with Crippen molar-refractivity contribution in [3.05, 3.63) is 71.3 Å². The monoisotopic (exact) mass is 433 g/mol. The molecule has 0 saturated carbocycles. The average molecular weight is 434 g/mol. The van der Waals surface area contributed by atoms with Crippen molar-refractivity contribution >= 4 is 17.6 Å². The molecule has 2 atom stereocenters. The van der Waals surface area contributed by atoms with Crippen LogP contribution in [-0.2, 0) is 14.3 Å². The predicted octanol–water partition coefficient (Wildman–Crippen LogP) is 3.95. The molecule has 0 unspecified atom stereocenters. The fraction of sp³-hybridized carbons (Fsp3) is 0.423. The largest absolute Gasteiger partial charge is 0.466 e. The number of hydrogen-bond donors (Lipinski definition) is 0. The number of ether oxygens (including phenoxy) is 1. The van der Waals surface area contributed by atoms with Gasteiger partial charge in [-0.1, -0.05) is 60.2 Å². The zero-order valence-electron chi connectivity index (χ0n) is 18.9. The third kappa shape index (κ3) is 5.07. The number of esters is 1. The summed E-state index contributed by atoms with van der Waals surface area (Å²) < 4.78 is 5.20. The summed E-state index contributed by atoms with van der Waals surface area (Å²) in [5, 5.41) is 6.42. The quantitative estimate of drug-likeness (QED) is 0.647. The van der Waals surface area contributed by atoms with Crippen LogP contribution in [0.25, 0.3) is 0 Å². The van der Waals surface area contributed by atoms with Crippen LogP contribution in [0.1, 0.15) is 48.9 Å². The highest BCUT2D eigenvalue weighted by molar-refractivity contribution is 6.03. The van der Waals surface area contributed by atoms with E-state index in [4.69, 9.17) is 9.84 Å². The molecule has 2 aromatic rings. The number of amides is 1. The summed E-state index contributed by atoms with van der Waals surface area (Å²) in [6.45, 7) is 5.89. The molecule has 0 aromatic heterocycles. The standard InChI is InChI=1S/C26H31N3O3/c1-3-32-26(31)22-10-7-15-28(17-22)18-25(30)29-24(21-13-11-19(2)12-14-21)16-23(27-29)20-8-5-4-6-9-20/h4-6,8-9,11-14,22,24H,3,7,10,15-18H2,1-2H3/t22-,24-/m1/s1. The van der Waals surface area contributed by atoms with Crippen LogP contribution in [0.4, 0.5) is 0 Å². The van der Waals surface area contributed by atoms with Crippen molar-refractivity contribution in [2.45, 2.75) is 39.2 Å². The number of carbonyl (C=O) groups excluding carboxylic acids is 2. The Hall–Kier alpha value is -2.99. The average Bonchev–Trinajstić information content (AvgIpc) is 3.26. The highest BCUT2D eigenvalue weighted by Crippen LogP contribution is 2.33. The Morgan fingerprint density at radius 3 is 2.56 bits per heavy atom. The van der Waals surface area contributed by atoms with Gasteiger partial charge in [0.1, 0.15) is 0 Å². The molecule has 168 valence electrons. The van der Waals surface area contributed by atoms with Crippen LogP contribution < -0.4 is 0 Å². The Kier molecular flexibility index (Phi) is 7.00. The molecule has 6 nitrogen and oxygen atoms in total. The van der Waals surface area contributed by atoms with Gasteiger partial charge in [-0.25, -0.2) is 5.01 Å². The first-order valence-electron chi connectivity index (χ1n) is 11.5. The molecule has 0 N–H and O–H groups in total. The molecule has 6 heteroatoms. The minimum Gasteiger partial charge on any atom is -0.466 e. The van der Waals surface area contributed by atoms with Gasteiger partial charge in [-0.2, -0.15) is 5.10 Å². The van der Waals surface area contributed by atoms with Gasteiger partial charge < -0.3 is 4.74 Å². The lowest BCUT2D eigenvalue weighted by Gasteiger charge is -2.32. The van der Waals surface area contributed by atoms with Gasteiger partial charge in [0.25, 0.3) is 5.91 Å². The van der Waals surface area contributed by atoms with Gasteiger partial charge in [0.2, 0.25) is 0 Å². The van der Waals surface area contributed by atoms with Crippen molar-refractivity contribution < 1.29 is 14.3 Å². The molecular weight excluding hydrogens is 402 g/mol. The first-order valence-corrected chi connectivity index (χ1v) is 11.5. The van der Waals surface area contributed by atoms with E-state index >= 15 is 0 Å². The van der Waals surface area contributed by atoms with Gasteiger partial charge in [-0.05, 0) is 44.4 Å². The number of carbonyl (C=O) groups is 2. The topological polar surface area (TPSA) is 62.2 Å². The number of hydrazone groups is 1. The molecule has 1 fully saturated rings. The molecular formula is C26H31N3O3. The zero-order valence-corrected chi connectivity index (χ0v) is 18.9. The van der Waals surface area contributed by atoms with Gasteiger partial charge in [0.15, 0.2) is 0 Å². The smallest absolute Gasteiger partial charge is 0.310 e. The van der Waals surface area contributed by atoms with Crippen LogP contribution in [0.15, 0.2) is 59.7 Å². The highest BCUT2D eigenvalue weighted by atomic mass is 16.5. The van der Waals surface area contributed by atoms with Crippen molar-refractivity contribution in [3.63, 3.8) is 0 Å². The summed E-state index contributed by atoms with van der Waals surface area (Å²) in [6, 6.07) is 18.2. The van der Waals surface area contributed by atoms with Gasteiger partial charge in [-0.15, -0.1) is 0 Å². The van der Waals surface area contributed by atoms with E-state index < -0.39 is 0 Å². The highest BCUT2D eigenvalue weighted by Gasteiger charge is 2.35. The Morgan fingerprint density at radius 1 is 1.09 bits per heavy atom. The lowest BCUT2D eigenvalue weighted by Crippen LogP contribution is -2.44. The van der Waals surface area contributed by atoms with Crippen LogP contribution in [0, 0.1) is 12.8 Å². The first-order chi connectivity index (χ1) is 15.5. The van der Waals surface area contributed by atoms with E-state index in [2.05, 4.69) is 36.1 Å². The maximum atomic E-state index is 13.4. The molecule has 2 aromatic carbocycles. The Labute approximate surface area is 189 Å². The molecule has 0 spiro atoms. The normalized spacial score (nSPS) is 21.3. The van der Waals surface area contributed by atoms with E-state index in [0.29, 0.717) is 19.6 Å². The summed E-state index contributed by atoms with van der Waals surface area (Å²) in [7, 11) is 0. The Morgan fingerprint density at radius 2 is 1.84 bits per heavy atom. The lowest BCUT2D eigenvalue weighted by molar-refractivity contribution is -0.150. The number of piperidine rings is 1. The Balaban J connectivity index is 1.52. The second kappa shape index (κ2) is 10.1. The maximum Gasteiger partial charge on any atom is 0.310 e. The fourth-order valence-electron chi connectivity index (χ4n) is 4.51. The second-order valence-corrected chi connectivity index (χ2v) is 8.61. The minimum atomic E-state index is -0.161. The van der Waals surface area contributed by atoms with Crippen LogP contribution in [0.2, 0.25) is 0 Å². The number of nitrogens with zero attached hydrogens (tertiary/aromatic N) is 3. The fourth-order valence-corrected chi connectivity index (χ4v) is 4.51. The van der Waals surface area contributed by atoms with Crippen molar-refractivity contribution in [1.29, 1.82) is 0 Å². The van der Waals surface area contributed by atoms with Crippen LogP contribution >= 0.6 is 0 Å². The molecule has 0 bridgehead atoms. The van der Waals surface area contributed by atoms with Gasteiger partial charge in [0.05, 0.1) is 30.8 Å². The number of likely N-dealkylation sites (tertiary alicyclic amines) is 1. The molecule has 2 aliphatic rings. The molecule has 2 aliphatic heterocycles.